The number of hydrogen-bond donors (Lipinski definition) is 1. The van der Waals surface area contributed by atoms with Gasteiger partial charge in [0.15, 0.2) is 0 Å². The number of thiophene rings is 1. The largest absolute Gasteiger partial charge is 0.389 e. The molecule has 2 N–H and O–H groups in total. The average molecular weight is 284 g/mol. The molecular weight excluding hydrogens is 276 g/mol. The van der Waals surface area contributed by atoms with Crippen molar-refractivity contribution in [3.63, 3.8) is 0 Å². The van der Waals surface area contributed by atoms with Crippen molar-refractivity contribution in [1.82, 2.24) is 0 Å². The van der Waals surface area contributed by atoms with E-state index in [9.17, 15) is 18.5 Å². The van der Waals surface area contributed by atoms with Crippen LogP contribution in [0.25, 0.3) is 0 Å². The molecule has 8 heteroatoms. The predicted octanol–water partition coefficient (Wildman–Crippen LogP) is 2.07. The fourth-order valence-electron chi connectivity index (χ4n) is 1.40. The van der Waals surface area contributed by atoms with Gasteiger partial charge in [-0.05, 0) is 23.5 Å². The molecule has 0 spiro atoms. The molecule has 0 aliphatic heterocycles. The highest BCUT2D eigenvalue weighted by Crippen LogP contribution is 2.36. The van der Waals surface area contributed by atoms with Crippen molar-refractivity contribution in [2.45, 2.75) is 9.79 Å². The number of benzene rings is 1. The standard InChI is InChI=1S/C10H8N2O4S2/c11-10-8(6-9(17-10)12(13)14)18(15,16)7-4-2-1-3-5-7/h1-6H,11H2. The van der Waals surface area contributed by atoms with Crippen LogP contribution in [0.5, 0.6) is 0 Å². The van der Waals surface area contributed by atoms with Crippen LogP contribution in [0.2, 0.25) is 0 Å². The van der Waals surface area contributed by atoms with Gasteiger partial charge in [-0.3, -0.25) is 10.1 Å². The van der Waals surface area contributed by atoms with Crippen LogP contribution < -0.4 is 5.73 Å². The van der Waals surface area contributed by atoms with E-state index in [2.05, 4.69) is 0 Å². The minimum absolute atomic E-state index is 0.0596. The first kappa shape index (κ1) is 12.5. The number of nitrogens with zero attached hydrogens (tertiary/aromatic N) is 1. The lowest BCUT2D eigenvalue weighted by molar-refractivity contribution is -0.380. The second-order valence-electron chi connectivity index (χ2n) is 3.39. The quantitative estimate of drug-likeness (QED) is 0.686. The Morgan fingerprint density at radius 2 is 1.83 bits per heavy atom. The molecule has 0 aliphatic carbocycles. The molecule has 1 heterocycles. The van der Waals surface area contributed by atoms with Gasteiger partial charge in [-0.25, -0.2) is 8.42 Å². The van der Waals surface area contributed by atoms with Crippen LogP contribution >= 0.6 is 11.3 Å². The third-order valence-corrected chi connectivity index (χ3v) is 5.09. The van der Waals surface area contributed by atoms with E-state index < -0.39 is 14.8 Å². The minimum Gasteiger partial charge on any atom is -0.389 e. The summed E-state index contributed by atoms with van der Waals surface area (Å²) in [5, 5.41) is 10.2. The summed E-state index contributed by atoms with van der Waals surface area (Å²) in [7, 11) is -3.80. The van der Waals surface area contributed by atoms with Gasteiger partial charge in [0.2, 0.25) is 9.84 Å². The Kier molecular flexibility index (Phi) is 3.05. The zero-order valence-electron chi connectivity index (χ0n) is 8.94. The Labute approximate surface area is 107 Å². The maximum Gasteiger partial charge on any atom is 0.327 e. The molecule has 0 amide bonds. The van der Waals surface area contributed by atoms with Crippen molar-refractivity contribution in [3.8, 4) is 0 Å². The number of hydrogen-bond acceptors (Lipinski definition) is 6. The Balaban J connectivity index is 2.59. The molecule has 1 aromatic carbocycles. The first-order chi connectivity index (χ1) is 8.43. The predicted molar refractivity (Wildman–Crippen MR) is 67.3 cm³/mol. The molecular formula is C10H8N2O4S2. The van der Waals surface area contributed by atoms with E-state index in [1.165, 1.54) is 12.1 Å². The van der Waals surface area contributed by atoms with E-state index in [4.69, 9.17) is 5.73 Å². The van der Waals surface area contributed by atoms with Gasteiger partial charge in [-0.2, -0.15) is 0 Å². The van der Waals surface area contributed by atoms with Crippen LogP contribution in [0.4, 0.5) is 10.0 Å². The van der Waals surface area contributed by atoms with Gasteiger partial charge in [-0.15, -0.1) is 0 Å². The fourth-order valence-corrected chi connectivity index (χ4v) is 3.87. The second kappa shape index (κ2) is 4.39. The molecule has 0 atom stereocenters. The van der Waals surface area contributed by atoms with Crippen LogP contribution in [0.3, 0.4) is 0 Å². The summed E-state index contributed by atoms with van der Waals surface area (Å²) in [5.74, 6) is 0. The van der Waals surface area contributed by atoms with Crippen molar-refractivity contribution in [1.29, 1.82) is 0 Å². The number of nitrogens with two attached hydrogens (primary N) is 1. The summed E-state index contributed by atoms with van der Waals surface area (Å²) in [4.78, 5) is 9.78. The summed E-state index contributed by atoms with van der Waals surface area (Å²) in [5.41, 5.74) is 5.54. The van der Waals surface area contributed by atoms with Crippen LogP contribution in [0.15, 0.2) is 46.2 Å². The van der Waals surface area contributed by atoms with Gasteiger partial charge in [0, 0.05) is 6.07 Å². The van der Waals surface area contributed by atoms with Gasteiger partial charge in [0.25, 0.3) is 0 Å². The fraction of sp³-hybridized carbons (Fsp3) is 0. The van der Waals surface area contributed by atoms with Gasteiger partial charge >= 0.3 is 5.00 Å². The highest BCUT2D eigenvalue weighted by Gasteiger charge is 2.26. The first-order valence-corrected chi connectivity index (χ1v) is 7.06. The van der Waals surface area contributed by atoms with E-state index in [1.807, 2.05) is 0 Å². The van der Waals surface area contributed by atoms with Crippen LogP contribution in [-0.4, -0.2) is 13.3 Å². The third kappa shape index (κ3) is 2.07. The Morgan fingerprint density at radius 1 is 1.22 bits per heavy atom. The Bertz CT molecular complexity index is 692. The zero-order valence-corrected chi connectivity index (χ0v) is 10.6. The summed E-state index contributed by atoms with van der Waals surface area (Å²) >= 11 is 0.644. The van der Waals surface area contributed by atoms with Crippen molar-refractivity contribution < 1.29 is 13.3 Å². The number of nitrogen functional groups attached to an aromatic ring is 1. The third-order valence-electron chi connectivity index (χ3n) is 2.23. The van der Waals surface area contributed by atoms with Crippen molar-refractivity contribution in [3.05, 3.63) is 46.5 Å². The van der Waals surface area contributed by atoms with Gasteiger partial charge < -0.3 is 5.73 Å². The van der Waals surface area contributed by atoms with Crippen molar-refractivity contribution >= 4 is 31.2 Å². The van der Waals surface area contributed by atoms with Crippen LogP contribution in [-0.2, 0) is 9.84 Å². The molecule has 2 rings (SSSR count). The molecule has 0 bridgehead atoms. The average Bonchev–Trinajstić information content (AvgIpc) is 2.73. The van der Waals surface area contributed by atoms with Gasteiger partial charge in [0.1, 0.15) is 9.90 Å². The maximum atomic E-state index is 12.2. The molecule has 0 unspecified atom stereocenters. The number of rotatable bonds is 3. The number of sulfone groups is 1. The van der Waals surface area contributed by atoms with Gasteiger partial charge in [0.05, 0.1) is 9.82 Å². The molecule has 6 nitrogen and oxygen atoms in total. The topological polar surface area (TPSA) is 103 Å². The molecule has 1 aromatic heterocycles. The SMILES string of the molecule is Nc1sc([N+](=O)[O-])cc1S(=O)(=O)c1ccccc1. The van der Waals surface area contributed by atoms with Crippen molar-refractivity contribution in [2.24, 2.45) is 0 Å². The summed E-state index contributed by atoms with van der Waals surface area (Å²) in [6.07, 6.45) is 0. The Morgan fingerprint density at radius 3 is 2.33 bits per heavy atom. The van der Waals surface area contributed by atoms with Crippen LogP contribution in [0, 0.1) is 10.1 Å². The van der Waals surface area contributed by atoms with Crippen molar-refractivity contribution in [2.75, 3.05) is 5.73 Å². The molecule has 0 saturated carbocycles. The second-order valence-corrected chi connectivity index (χ2v) is 6.37. The monoisotopic (exact) mass is 284 g/mol. The Hall–Kier alpha value is -1.93. The zero-order chi connectivity index (χ0) is 13.3. The van der Waals surface area contributed by atoms with Gasteiger partial charge in [-0.1, -0.05) is 18.2 Å². The van der Waals surface area contributed by atoms with Crippen LogP contribution in [0.1, 0.15) is 0 Å². The lowest BCUT2D eigenvalue weighted by Crippen LogP contribution is -2.02. The highest BCUT2D eigenvalue weighted by molar-refractivity contribution is 7.91. The minimum atomic E-state index is -3.80. The van der Waals surface area contributed by atoms with E-state index in [0.717, 1.165) is 6.07 Å². The highest BCUT2D eigenvalue weighted by atomic mass is 32.2. The van der Waals surface area contributed by atoms with E-state index in [1.54, 1.807) is 18.2 Å². The number of anilines is 1. The molecule has 0 saturated heterocycles. The normalized spacial score (nSPS) is 11.3. The molecule has 0 aliphatic rings. The molecule has 2 aromatic rings. The molecule has 94 valence electrons. The summed E-state index contributed by atoms with van der Waals surface area (Å²) < 4.78 is 24.4. The summed E-state index contributed by atoms with van der Waals surface area (Å²) in [6, 6.07) is 8.64. The summed E-state index contributed by atoms with van der Waals surface area (Å²) in [6.45, 7) is 0. The lowest BCUT2D eigenvalue weighted by atomic mass is 10.4. The van der Waals surface area contributed by atoms with E-state index >= 15 is 0 Å². The molecule has 0 fully saturated rings. The smallest absolute Gasteiger partial charge is 0.327 e. The number of nitro groups is 1. The van der Waals surface area contributed by atoms with E-state index in [-0.39, 0.29) is 19.8 Å². The molecule has 18 heavy (non-hydrogen) atoms. The van der Waals surface area contributed by atoms with E-state index in [0.29, 0.717) is 11.3 Å². The lowest BCUT2D eigenvalue weighted by Gasteiger charge is -2.01. The molecule has 0 radical (unpaired) electrons. The first-order valence-electron chi connectivity index (χ1n) is 4.77. The maximum absolute atomic E-state index is 12.2.